The Morgan fingerprint density at radius 3 is 2.64 bits per heavy atom. The molecule has 0 aliphatic carbocycles. The number of benzene rings is 2. The van der Waals surface area contributed by atoms with Crippen molar-refractivity contribution in [1.29, 1.82) is 0 Å². The number of halogens is 1. The number of hydrogen-bond acceptors (Lipinski definition) is 5. The fraction of sp³-hybridized carbons (Fsp3) is 0.208. The highest BCUT2D eigenvalue weighted by Gasteiger charge is 2.24. The van der Waals surface area contributed by atoms with Gasteiger partial charge in [0, 0.05) is 44.1 Å². The number of anilines is 2. The number of piperazine rings is 1. The first-order chi connectivity index (χ1) is 16.1. The third-order valence-electron chi connectivity index (χ3n) is 5.65. The minimum atomic E-state index is -0.323. The van der Waals surface area contributed by atoms with E-state index in [-0.39, 0.29) is 11.8 Å². The Bertz CT molecular complexity index is 1280. The van der Waals surface area contributed by atoms with Crippen molar-refractivity contribution in [3.63, 3.8) is 0 Å². The van der Waals surface area contributed by atoms with E-state index in [4.69, 9.17) is 4.74 Å². The zero-order chi connectivity index (χ0) is 22.8. The van der Waals surface area contributed by atoms with Gasteiger partial charge in [-0.1, -0.05) is 6.07 Å². The van der Waals surface area contributed by atoms with Gasteiger partial charge in [-0.05, 0) is 48.9 Å². The smallest absolute Gasteiger partial charge is 0.321 e. The lowest BCUT2D eigenvalue weighted by atomic mass is 10.2. The number of carbonyl (C=O) groups excluding carboxylic acids is 1. The van der Waals surface area contributed by atoms with E-state index >= 15 is 0 Å². The number of H-pyrrole nitrogens is 1. The van der Waals surface area contributed by atoms with Gasteiger partial charge in [0.15, 0.2) is 0 Å². The molecule has 2 N–H and O–H groups in total. The lowest BCUT2D eigenvalue weighted by Crippen LogP contribution is -2.50. The number of aryl methyl sites for hydroxylation is 1. The van der Waals surface area contributed by atoms with E-state index in [9.17, 15) is 9.18 Å². The van der Waals surface area contributed by atoms with Crippen LogP contribution in [0.5, 0.6) is 11.5 Å². The number of carbonyl (C=O) groups is 1. The number of aromatic amines is 1. The maximum atomic E-state index is 13.1. The van der Waals surface area contributed by atoms with Gasteiger partial charge in [0.25, 0.3) is 0 Å². The van der Waals surface area contributed by atoms with Crippen LogP contribution in [-0.2, 0) is 0 Å². The first kappa shape index (κ1) is 20.7. The van der Waals surface area contributed by atoms with Gasteiger partial charge < -0.3 is 24.8 Å². The molecule has 8 nitrogen and oxygen atoms in total. The van der Waals surface area contributed by atoms with E-state index in [1.165, 1.54) is 12.1 Å². The van der Waals surface area contributed by atoms with Crippen molar-refractivity contribution >= 4 is 28.6 Å². The largest absolute Gasteiger partial charge is 0.457 e. The van der Waals surface area contributed by atoms with Gasteiger partial charge in [0.2, 0.25) is 0 Å². The summed E-state index contributed by atoms with van der Waals surface area (Å²) in [5.74, 6) is 1.65. The molecule has 2 aromatic carbocycles. The summed E-state index contributed by atoms with van der Waals surface area (Å²) in [5, 5.41) is 3.96. The first-order valence-corrected chi connectivity index (χ1v) is 10.7. The van der Waals surface area contributed by atoms with Crippen LogP contribution in [-0.4, -0.2) is 52.1 Å². The van der Waals surface area contributed by atoms with Gasteiger partial charge in [-0.3, -0.25) is 0 Å². The number of fused-ring (bicyclic) bond motifs is 1. The van der Waals surface area contributed by atoms with Crippen molar-refractivity contribution in [2.45, 2.75) is 6.92 Å². The Labute approximate surface area is 190 Å². The van der Waals surface area contributed by atoms with Crippen molar-refractivity contribution in [3.8, 4) is 11.5 Å². The lowest BCUT2D eigenvalue weighted by Gasteiger charge is -2.35. The summed E-state index contributed by atoms with van der Waals surface area (Å²) in [6.45, 7) is 4.54. The van der Waals surface area contributed by atoms with E-state index in [0.29, 0.717) is 43.4 Å². The highest BCUT2D eigenvalue weighted by atomic mass is 19.1. The SMILES string of the molecule is Cc1c[nH]c2ncnc(N3CCN(C(=O)Nc4cccc(Oc5ccc(F)cc5)c4)CC3)c12. The zero-order valence-electron chi connectivity index (χ0n) is 18.1. The average molecular weight is 446 g/mol. The molecule has 1 saturated heterocycles. The maximum absolute atomic E-state index is 13.1. The van der Waals surface area contributed by atoms with Crippen LogP contribution in [0.2, 0.25) is 0 Å². The van der Waals surface area contributed by atoms with Gasteiger partial charge >= 0.3 is 6.03 Å². The van der Waals surface area contributed by atoms with Crippen molar-refractivity contribution in [2.75, 3.05) is 36.4 Å². The quantitative estimate of drug-likeness (QED) is 0.480. The van der Waals surface area contributed by atoms with Crippen LogP contribution in [0.25, 0.3) is 11.0 Å². The molecule has 4 aromatic rings. The van der Waals surface area contributed by atoms with Crippen LogP contribution in [0.15, 0.2) is 61.1 Å². The molecular weight excluding hydrogens is 423 g/mol. The Morgan fingerprint density at radius 2 is 1.85 bits per heavy atom. The zero-order valence-corrected chi connectivity index (χ0v) is 18.1. The molecule has 3 heterocycles. The van der Waals surface area contributed by atoms with Crippen molar-refractivity contribution < 1.29 is 13.9 Å². The molecule has 9 heteroatoms. The minimum absolute atomic E-state index is 0.167. The molecule has 168 valence electrons. The molecule has 2 amide bonds. The van der Waals surface area contributed by atoms with Crippen LogP contribution in [0, 0.1) is 12.7 Å². The lowest BCUT2D eigenvalue weighted by molar-refractivity contribution is 0.208. The van der Waals surface area contributed by atoms with Gasteiger partial charge in [-0.15, -0.1) is 0 Å². The highest BCUT2D eigenvalue weighted by Crippen LogP contribution is 2.27. The topological polar surface area (TPSA) is 86.4 Å². The molecule has 1 aliphatic rings. The van der Waals surface area contributed by atoms with E-state index in [0.717, 1.165) is 22.4 Å². The highest BCUT2D eigenvalue weighted by molar-refractivity contribution is 5.91. The van der Waals surface area contributed by atoms with Crippen LogP contribution >= 0.6 is 0 Å². The number of ether oxygens (including phenoxy) is 1. The number of urea groups is 1. The Hall–Kier alpha value is -4.14. The van der Waals surface area contributed by atoms with Gasteiger partial charge in [0.05, 0.1) is 5.39 Å². The standard InChI is InChI=1S/C24H23FN6O2/c1-16-14-26-22-21(16)23(28-15-27-22)30-9-11-31(12-10-30)24(32)29-18-3-2-4-20(13-18)33-19-7-5-17(25)6-8-19/h2-8,13-15H,9-12H2,1H3,(H,29,32)(H,26,27,28). The van der Waals surface area contributed by atoms with Crippen LogP contribution in [0.4, 0.5) is 20.7 Å². The number of nitrogens with zero attached hydrogens (tertiary/aromatic N) is 4. The molecule has 0 spiro atoms. The second-order valence-corrected chi connectivity index (χ2v) is 7.88. The van der Waals surface area contributed by atoms with Crippen LogP contribution in [0.1, 0.15) is 5.56 Å². The molecule has 5 rings (SSSR count). The van der Waals surface area contributed by atoms with Crippen molar-refractivity contribution in [1.82, 2.24) is 19.9 Å². The average Bonchev–Trinajstić information content (AvgIpc) is 3.22. The van der Waals surface area contributed by atoms with Crippen molar-refractivity contribution in [3.05, 3.63) is 72.4 Å². The molecule has 1 fully saturated rings. The van der Waals surface area contributed by atoms with Gasteiger partial charge in [-0.25, -0.2) is 19.2 Å². The van der Waals surface area contributed by atoms with Crippen LogP contribution in [0.3, 0.4) is 0 Å². The Morgan fingerprint density at radius 1 is 1.06 bits per heavy atom. The molecular formula is C24H23FN6O2. The second-order valence-electron chi connectivity index (χ2n) is 7.88. The third kappa shape index (κ3) is 4.43. The molecule has 0 unspecified atom stereocenters. The number of hydrogen-bond donors (Lipinski definition) is 2. The van der Waals surface area contributed by atoms with Gasteiger partial charge in [-0.2, -0.15) is 0 Å². The van der Waals surface area contributed by atoms with Crippen LogP contribution < -0.4 is 15.0 Å². The second kappa shape index (κ2) is 8.78. The molecule has 0 saturated carbocycles. The summed E-state index contributed by atoms with van der Waals surface area (Å²) in [4.78, 5) is 28.7. The summed E-state index contributed by atoms with van der Waals surface area (Å²) < 4.78 is 18.8. The number of aromatic nitrogens is 3. The molecule has 0 bridgehead atoms. The van der Waals surface area contributed by atoms with E-state index in [2.05, 4.69) is 25.2 Å². The molecule has 33 heavy (non-hydrogen) atoms. The van der Waals surface area contributed by atoms with Crippen molar-refractivity contribution in [2.24, 2.45) is 0 Å². The predicted molar refractivity (Wildman–Crippen MR) is 124 cm³/mol. The van der Waals surface area contributed by atoms with E-state index < -0.39 is 0 Å². The Kier molecular flexibility index (Phi) is 5.52. The maximum Gasteiger partial charge on any atom is 0.321 e. The van der Waals surface area contributed by atoms with Gasteiger partial charge in [0.1, 0.15) is 35.1 Å². The fourth-order valence-corrected chi connectivity index (χ4v) is 3.94. The van der Waals surface area contributed by atoms with E-state index in [1.54, 1.807) is 47.6 Å². The molecule has 2 aromatic heterocycles. The first-order valence-electron chi connectivity index (χ1n) is 10.7. The summed E-state index contributed by atoms with van der Waals surface area (Å²) in [7, 11) is 0. The predicted octanol–water partition coefficient (Wildman–Crippen LogP) is 4.55. The number of amides is 2. The third-order valence-corrected chi connectivity index (χ3v) is 5.65. The van der Waals surface area contributed by atoms with E-state index in [1.807, 2.05) is 13.1 Å². The molecule has 1 aliphatic heterocycles. The molecule has 0 atom stereocenters. The fourth-order valence-electron chi connectivity index (χ4n) is 3.94. The normalized spacial score (nSPS) is 13.9. The summed E-state index contributed by atoms with van der Waals surface area (Å²) in [6.07, 6.45) is 3.49. The number of rotatable bonds is 4. The molecule has 0 radical (unpaired) electrons. The Balaban J connectivity index is 1.21. The summed E-state index contributed by atoms with van der Waals surface area (Å²) in [6, 6.07) is 12.7. The summed E-state index contributed by atoms with van der Waals surface area (Å²) in [5.41, 5.74) is 2.55. The summed E-state index contributed by atoms with van der Waals surface area (Å²) >= 11 is 0. The minimum Gasteiger partial charge on any atom is -0.457 e. The monoisotopic (exact) mass is 446 g/mol. The number of nitrogens with one attached hydrogen (secondary N) is 2.